The predicted octanol–water partition coefficient (Wildman–Crippen LogP) is 1.65. The lowest BCUT2D eigenvalue weighted by atomic mass is 10.1. The molecule has 2 aromatic carbocycles. The van der Waals surface area contributed by atoms with Crippen LogP contribution in [-0.4, -0.2) is 56.2 Å². The van der Waals surface area contributed by atoms with Crippen molar-refractivity contribution in [2.45, 2.75) is 13.0 Å². The van der Waals surface area contributed by atoms with E-state index in [1.165, 1.54) is 10.6 Å². The molecule has 0 bridgehead atoms. The van der Waals surface area contributed by atoms with E-state index < -0.39 is 5.69 Å². The van der Waals surface area contributed by atoms with Crippen LogP contribution in [0.5, 0.6) is 11.5 Å². The van der Waals surface area contributed by atoms with E-state index in [2.05, 4.69) is 21.0 Å². The molecule has 3 aromatic rings. The number of hydrogen-bond donors (Lipinski definition) is 3. The summed E-state index contributed by atoms with van der Waals surface area (Å²) in [4.78, 5) is 14.8. The third kappa shape index (κ3) is 3.94. The van der Waals surface area contributed by atoms with Crippen LogP contribution in [0.1, 0.15) is 11.1 Å². The second kappa shape index (κ2) is 8.45. The van der Waals surface area contributed by atoms with E-state index in [0.29, 0.717) is 16.8 Å². The summed E-state index contributed by atoms with van der Waals surface area (Å²) in [7, 11) is 0. The number of aromatic amines is 1. The standard InChI is InChI=1S/C22H22N4O4/c1-2-3-16-12-18(20(28)13-19(16)27)21-23-24-22(29)26(21)17-6-4-15(5-7-17)14-25-8-10-30-11-9-25/h1,4-7,12-13,27-28H,3,8-11,14H2,(H,24,29). The fourth-order valence-electron chi connectivity index (χ4n) is 3.54. The molecule has 0 amide bonds. The highest BCUT2D eigenvalue weighted by Gasteiger charge is 2.18. The molecule has 1 saturated heterocycles. The number of morpholine rings is 1. The van der Waals surface area contributed by atoms with Gasteiger partial charge in [0.2, 0.25) is 0 Å². The van der Waals surface area contributed by atoms with E-state index in [9.17, 15) is 15.0 Å². The first-order valence-electron chi connectivity index (χ1n) is 9.62. The molecule has 1 aliphatic rings. The van der Waals surface area contributed by atoms with Crippen LogP contribution in [-0.2, 0) is 17.7 Å². The highest BCUT2D eigenvalue weighted by atomic mass is 16.5. The van der Waals surface area contributed by atoms with Crippen molar-refractivity contribution in [3.8, 4) is 40.9 Å². The third-order valence-electron chi connectivity index (χ3n) is 5.11. The Kier molecular flexibility index (Phi) is 5.57. The minimum Gasteiger partial charge on any atom is -0.507 e. The number of aromatic nitrogens is 3. The molecule has 154 valence electrons. The summed E-state index contributed by atoms with van der Waals surface area (Å²) in [5.74, 6) is 2.39. The lowest BCUT2D eigenvalue weighted by Gasteiger charge is -2.26. The molecule has 0 spiro atoms. The summed E-state index contributed by atoms with van der Waals surface area (Å²) in [5, 5.41) is 26.8. The smallest absolute Gasteiger partial charge is 0.348 e. The molecule has 30 heavy (non-hydrogen) atoms. The Hall–Kier alpha value is -3.54. The van der Waals surface area contributed by atoms with Gasteiger partial charge in [0.25, 0.3) is 0 Å². The van der Waals surface area contributed by atoms with Crippen LogP contribution in [0.15, 0.2) is 41.2 Å². The fourth-order valence-corrected chi connectivity index (χ4v) is 3.54. The van der Waals surface area contributed by atoms with Gasteiger partial charge in [-0.15, -0.1) is 12.3 Å². The van der Waals surface area contributed by atoms with E-state index in [1.807, 2.05) is 24.3 Å². The van der Waals surface area contributed by atoms with Crippen molar-refractivity contribution in [1.82, 2.24) is 19.7 Å². The average Bonchev–Trinajstić information content (AvgIpc) is 3.12. The van der Waals surface area contributed by atoms with Crippen molar-refractivity contribution in [3.63, 3.8) is 0 Å². The van der Waals surface area contributed by atoms with Crippen molar-refractivity contribution in [3.05, 3.63) is 58.0 Å². The van der Waals surface area contributed by atoms with Crippen LogP contribution in [0.25, 0.3) is 17.1 Å². The average molecular weight is 406 g/mol. The van der Waals surface area contributed by atoms with Crippen LogP contribution < -0.4 is 5.69 Å². The summed E-state index contributed by atoms with van der Waals surface area (Å²) in [6.45, 7) is 4.08. The number of H-pyrrole nitrogens is 1. The summed E-state index contributed by atoms with van der Waals surface area (Å²) in [6.07, 6.45) is 5.54. The van der Waals surface area contributed by atoms with Crippen LogP contribution in [0, 0.1) is 12.3 Å². The first kappa shape index (κ1) is 19.8. The van der Waals surface area contributed by atoms with Gasteiger partial charge in [0.15, 0.2) is 5.82 Å². The zero-order valence-electron chi connectivity index (χ0n) is 16.3. The number of rotatable bonds is 5. The maximum Gasteiger partial charge on any atom is 0.348 e. The monoisotopic (exact) mass is 406 g/mol. The molecule has 3 N–H and O–H groups in total. The van der Waals surface area contributed by atoms with Gasteiger partial charge in [-0.05, 0) is 23.8 Å². The van der Waals surface area contributed by atoms with Gasteiger partial charge in [0.05, 0.1) is 24.5 Å². The molecule has 8 heteroatoms. The molecule has 0 radical (unpaired) electrons. The number of ether oxygens (including phenoxy) is 1. The molecule has 2 heterocycles. The van der Waals surface area contributed by atoms with Gasteiger partial charge in [-0.1, -0.05) is 12.1 Å². The maximum atomic E-state index is 12.5. The molecule has 0 aliphatic carbocycles. The quantitative estimate of drug-likeness (QED) is 0.557. The molecule has 1 fully saturated rings. The lowest BCUT2D eigenvalue weighted by molar-refractivity contribution is 0.0342. The van der Waals surface area contributed by atoms with Crippen molar-refractivity contribution < 1.29 is 14.9 Å². The molecule has 4 rings (SSSR count). The number of benzene rings is 2. The topological polar surface area (TPSA) is 104 Å². The minimum atomic E-state index is -0.433. The Balaban J connectivity index is 1.67. The molecule has 0 saturated carbocycles. The second-order valence-electron chi connectivity index (χ2n) is 7.12. The summed E-state index contributed by atoms with van der Waals surface area (Å²) in [5.41, 5.74) is 2.07. The minimum absolute atomic E-state index is 0.105. The SMILES string of the molecule is C#CCc1cc(-c2n[nH]c(=O)n2-c2ccc(CN3CCOCC3)cc2)c(O)cc1O. The molecule has 1 aromatic heterocycles. The Morgan fingerprint density at radius 2 is 1.87 bits per heavy atom. The first-order chi connectivity index (χ1) is 14.6. The molecule has 0 unspecified atom stereocenters. The number of terminal acetylenes is 1. The lowest BCUT2D eigenvalue weighted by Crippen LogP contribution is -2.35. The van der Waals surface area contributed by atoms with E-state index in [4.69, 9.17) is 11.2 Å². The van der Waals surface area contributed by atoms with Gasteiger partial charge in [-0.3, -0.25) is 4.90 Å². The van der Waals surface area contributed by atoms with Crippen molar-refractivity contribution >= 4 is 0 Å². The Morgan fingerprint density at radius 3 is 2.57 bits per heavy atom. The van der Waals surface area contributed by atoms with E-state index in [1.54, 1.807) is 6.07 Å². The third-order valence-corrected chi connectivity index (χ3v) is 5.11. The van der Waals surface area contributed by atoms with Crippen molar-refractivity contribution in [1.29, 1.82) is 0 Å². The number of nitrogens with one attached hydrogen (secondary N) is 1. The van der Waals surface area contributed by atoms with E-state index in [0.717, 1.165) is 38.4 Å². The van der Waals surface area contributed by atoms with Gasteiger partial charge in [0.1, 0.15) is 11.5 Å². The van der Waals surface area contributed by atoms with Gasteiger partial charge < -0.3 is 14.9 Å². The fraction of sp³-hybridized carbons (Fsp3) is 0.273. The zero-order chi connectivity index (χ0) is 21.1. The van der Waals surface area contributed by atoms with E-state index in [-0.39, 0.29) is 23.7 Å². The van der Waals surface area contributed by atoms with Crippen LogP contribution >= 0.6 is 0 Å². The predicted molar refractivity (Wildman–Crippen MR) is 112 cm³/mol. The van der Waals surface area contributed by atoms with Gasteiger partial charge >= 0.3 is 5.69 Å². The Bertz CT molecular complexity index is 1140. The molecular weight excluding hydrogens is 384 g/mol. The largest absolute Gasteiger partial charge is 0.507 e. The maximum absolute atomic E-state index is 12.5. The highest BCUT2D eigenvalue weighted by Crippen LogP contribution is 2.34. The second-order valence-corrected chi connectivity index (χ2v) is 7.12. The molecule has 0 atom stereocenters. The van der Waals surface area contributed by atoms with Gasteiger partial charge in [-0.2, -0.15) is 5.10 Å². The Morgan fingerprint density at radius 1 is 1.13 bits per heavy atom. The van der Waals surface area contributed by atoms with Crippen molar-refractivity contribution in [2.75, 3.05) is 26.3 Å². The molecule has 8 nitrogen and oxygen atoms in total. The van der Waals surface area contributed by atoms with E-state index >= 15 is 0 Å². The number of nitrogens with zero attached hydrogens (tertiary/aromatic N) is 3. The summed E-state index contributed by atoms with van der Waals surface area (Å²) >= 11 is 0. The van der Waals surface area contributed by atoms with Crippen LogP contribution in [0.4, 0.5) is 0 Å². The van der Waals surface area contributed by atoms with Crippen LogP contribution in [0.3, 0.4) is 0 Å². The number of aromatic hydroxyl groups is 2. The number of phenols is 2. The number of phenolic OH excluding ortho intramolecular Hbond substituents is 2. The summed E-state index contributed by atoms with van der Waals surface area (Å²) in [6, 6.07) is 10.4. The normalized spacial score (nSPS) is 14.5. The van der Waals surface area contributed by atoms with Crippen molar-refractivity contribution in [2.24, 2.45) is 0 Å². The van der Waals surface area contributed by atoms with Gasteiger partial charge in [-0.25, -0.2) is 14.5 Å². The molecule has 1 aliphatic heterocycles. The highest BCUT2D eigenvalue weighted by molar-refractivity contribution is 5.69. The van der Waals surface area contributed by atoms with Gasteiger partial charge in [0, 0.05) is 37.7 Å². The van der Waals surface area contributed by atoms with Crippen LogP contribution in [0.2, 0.25) is 0 Å². The molecular formula is C22H22N4O4. The Labute approximate surface area is 173 Å². The first-order valence-corrected chi connectivity index (χ1v) is 9.62. The summed E-state index contributed by atoms with van der Waals surface area (Å²) < 4.78 is 6.76. The zero-order valence-corrected chi connectivity index (χ0v) is 16.3. The number of hydrogen-bond acceptors (Lipinski definition) is 6.